The molecule has 38 heavy (non-hydrogen) atoms. The van der Waals surface area contributed by atoms with Crippen LogP contribution in [0.5, 0.6) is 0 Å². The first kappa shape index (κ1) is 25.6. The Kier molecular flexibility index (Phi) is 6.96. The predicted octanol–water partition coefficient (Wildman–Crippen LogP) is 4.88. The second-order valence-electron chi connectivity index (χ2n) is 8.68. The van der Waals surface area contributed by atoms with E-state index in [1.54, 1.807) is 29.6 Å². The van der Waals surface area contributed by atoms with Gasteiger partial charge in [-0.25, -0.2) is 22.6 Å². The van der Waals surface area contributed by atoms with Crippen molar-refractivity contribution >= 4 is 44.1 Å². The Morgan fingerprint density at radius 2 is 1.87 bits per heavy atom. The molecule has 194 valence electrons. The third kappa shape index (κ3) is 5.15. The summed E-state index contributed by atoms with van der Waals surface area (Å²) in [7, 11) is -3.93. The molecule has 0 radical (unpaired) electrons. The Morgan fingerprint density at radius 3 is 2.66 bits per heavy atom. The molecule has 1 atom stereocenters. The fraction of sp³-hybridized carbons (Fsp3) is 0.148. The number of hydrogen-bond acceptors (Lipinski definition) is 7. The van der Waals surface area contributed by atoms with Crippen LogP contribution in [0.3, 0.4) is 0 Å². The quantitative estimate of drug-likeness (QED) is 0.328. The number of carbonyl (C=O) groups is 2. The van der Waals surface area contributed by atoms with Gasteiger partial charge >= 0.3 is 5.97 Å². The molecule has 1 aliphatic heterocycles. The summed E-state index contributed by atoms with van der Waals surface area (Å²) in [6.45, 7) is 1.25. The predicted molar refractivity (Wildman–Crippen MR) is 142 cm³/mol. The fourth-order valence-electron chi connectivity index (χ4n) is 4.25. The Bertz CT molecular complexity index is 1620. The first-order chi connectivity index (χ1) is 18.2. The maximum absolute atomic E-state index is 13.5. The van der Waals surface area contributed by atoms with Crippen LogP contribution >= 0.6 is 11.3 Å². The first-order valence-corrected chi connectivity index (χ1v) is 14.0. The van der Waals surface area contributed by atoms with Gasteiger partial charge in [-0.15, -0.1) is 11.3 Å². The van der Waals surface area contributed by atoms with E-state index in [-0.39, 0.29) is 22.3 Å². The van der Waals surface area contributed by atoms with Crippen molar-refractivity contribution in [1.29, 1.82) is 0 Å². The van der Waals surface area contributed by atoms with E-state index in [1.807, 2.05) is 19.1 Å². The zero-order chi connectivity index (χ0) is 26.9. The minimum Gasteiger partial charge on any atom is -0.452 e. The van der Waals surface area contributed by atoms with Crippen LogP contribution in [-0.2, 0) is 26.0 Å². The smallest absolute Gasteiger partial charge is 0.338 e. The fourth-order valence-corrected chi connectivity index (χ4v) is 6.73. The van der Waals surface area contributed by atoms with E-state index in [2.05, 4.69) is 10.3 Å². The van der Waals surface area contributed by atoms with Crippen LogP contribution in [0, 0.1) is 5.82 Å². The van der Waals surface area contributed by atoms with Crippen molar-refractivity contribution in [3.63, 3.8) is 0 Å². The van der Waals surface area contributed by atoms with Crippen molar-refractivity contribution in [3.8, 4) is 11.3 Å². The van der Waals surface area contributed by atoms with Crippen LogP contribution in [0.2, 0.25) is 0 Å². The number of para-hydroxylation sites is 1. The number of halogens is 1. The molecule has 1 amide bonds. The molecule has 8 nitrogen and oxygen atoms in total. The number of hydrogen-bond donors (Lipinski definition) is 1. The van der Waals surface area contributed by atoms with Crippen LogP contribution < -0.4 is 9.62 Å². The van der Waals surface area contributed by atoms with Crippen LogP contribution in [-0.4, -0.2) is 37.9 Å². The van der Waals surface area contributed by atoms with Gasteiger partial charge in [0, 0.05) is 17.0 Å². The van der Waals surface area contributed by atoms with Crippen LogP contribution in [0.1, 0.15) is 22.8 Å². The number of sulfonamides is 1. The number of anilines is 2. The van der Waals surface area contributed by atoms with Crippen LogP contribution in [0.25, 0.3) is 11.3 Å². The summed E-state index contributed by atoms with van der Waals surface area (Å²) >= 11 is 1.17. The molecule has 4 aromatic rings. The highest BCUT2D eigenvalue weighted by Gasteiger charge is 2.36. The minimum absolute atomic E-state index is 0.00635. The van der Waals surface area contributed by atoms with Crippen molar-refractivity contribution in [2.45, 2.75) is 24.3 Å². The van der Waals surface area contributed by atoms with Gasteiger partial charge in [0.05, 0.1) is 21.8 Å². The molecular formula is C27H22FN3O5S2. The number of rotatable bonds is 7. The molecule has 1 aromatic heterocycles. The van der Waals surface area contributed by atoms with Gasteiger partial charge in [-0.1, -0.05) is 24.3 Å². The van der Waals surface area contributed by atoms with Gasteiger partial charge in [-0.2, -0.15) is 0 Å². The number of nitrogens with zero attached hydrogens (tertiary/aromatic N) is 2. The molecule has 0 saturated heterocycles. The Balaban J connectivity index is 1.23. The third-order valence-electron chi connectivity index (χ3n) is 6.00. The van der Waals surface area contributed by atoms with Gasteiger partial charge < -0.3 is 4.74 Å². The highest BCUT2D eigenvalue weighted by molar-refractivity contribution is 7.92. The van der Waals surface area contributed by atoms with E-state index in [1.165, 1.54) is 52.0 Å². The molecule has 0 fully saturated rings. The van der Waals surface area contributed by atoms with E-state index in [9.17, 15) is 22.4 Å². The van der Waals surface area contributed by atoms with E-state index in [0.717, 1.165) is 5.56 Å². The lowest BCUT2D eigenvalue weighted by atomic mass is 10.1. The normalized spacial score (nSPS) is 14.7. The average Bonchev–Trinajstić information content (AvgIpc) is 3.51. The zero-order valence-corrected chi connectivity index (χ0v) is 21.8. The van der Waals surface area contributed by atoms with E-state index in [4.69, 9.17) is 4.74 Å². The lowest BCUT2D eigenvalue weighted by Gasteiger charge is -2.24. The summed E-state index contributed by atoms with van der Waals surface area (Å²) in [6, 6.07) is 18.4. The summed E-state index contributed by atoms with van der Waals surface area (Å²) < 4.78 is 46.5. The van der Waals surface area contributed by atoms with Crippen LogP contribution in [0.4, 0.5) is 15.2 Å². The van der Waals surface area contributed by atoms with Gasteiger partial charge in [0.15, 0.2) is 11.7 Å². The second-order valence-corrected chi connectivity index (χ2v) is 11.4. The number of amides is 1. The summed E-state index contributed by atoms with van der Waals surface area (Å²) in [4.78, 5) is 29.2. The molecule has 11 heteroatoms. The Hall–Kier alpha value is -4.09. The van der Waals surface area contributed by atoms with Gasteiger partial charge in [-0.05, 0) is 67.4 Å². The Morgan fingerprint density at radius 1 is 1.11 bits per heavy atom. The summed E-state index contributed by atoms with van der Waals surface area (Å²) in [5, 5.41) is 4.55. The van der Waals surface area contributed by atoms with Crippen LogP contribution in [0.15, 0.2) is 83.1 Å². The number of carbonyl (C=O) groups excluding carboxylic acids is 2. The molecule has 3 aromatic carbocycles. The highest BCUT2D eigenvalue weighted by atomic mass is 32.2. The lowest BCUT2D eigenvalue weighted by molar-refractivity contribution is -0.119. The molecule has 0 aliphatic carbocycles. The molecule has 0 saturated carbocycles. The number of fused-ring (bicyclic) bond motifs is 1. The van der Waals surface area contributed by atoms with Gasteiger partial charge in [-0.3, -0.25) is 14.4 Å². The van der Waals surface area contributed by atoms with E-state index < -0.39 is 28.5 Å². The SMILES string of the molecule is C[C@@H]1Cc2ccccc2N1S(=O)(=O)c1cccc(C(=O)OCC(=O)Nc2nc(-c3ccc(F)cc3)cs2)c1. The van der Waals surface area contributed by atoms with Crippen molar-refractivity contribution in [3.05, 3.63) is 95.1 Å². The van der Waals surface area contributed by atoms with Gasteiger partial charge in [0.1, 0.15) is 5.82 Å². The van der Waals surface area contributed by atoms with Crippen molar-refractivity contribution in [1.82, 2.24) is 4.98 Å². The van der Waals surface area contributed by atoms with E-state index in [0.29, 0.717) is 28.5 Å². The topological polar surface area (TPSA) is 106 Å². The number of nitrogens with one attached hydrogen (secondary N) is 1. The number of ether oxygens (including phenoxy) is 1. The molecule has 5 rings (SSSR count). The molecule has 2 heterocycles. The van der Waals surface area contributed by atoms with E-state index >= 15 is 0 Å². The summed E-state index contributed by atoms with van der Waals surface area (Å²) in [6.07, 6.45) is 0.594. The lowest BCUT2D eigenvalue weighted by Crippen LogP contribution is -2.35. The highest BCUT2D eigenvalue weighted by Crippen LogP contribution is 2.36. The molecule has 0 spiro atoms. The monoisotopic (exact) mass is 551 g/mol. The third-order valence-corrected chi connectivity index (χ3v) is 8.68. The molecule has 0 unspecified atom stereocenters. The maximum Gasteiger partial charge on any atom is 0.338 e. The largest absolute Gasteiger partial charge is 0.452 e. The molecule has 1 aliphatic rings. The van der Waals surface area contributed by atoms with Gasteiger partial charge in [0.2, 0.25) is 0 Å². The second kappa shape index (κ2) is 10.3. The molecular weight excluding hydrogens is 529 g/mol. The zero-order valence-electron chi connectivity index (χ0n) is 20.1. The standard InChI is InChI=1S/C27H22FN3O5S2/c1-17-13-19-5-2-3-8-24(19)31(17)38(34,35)22-7-4-6-20(14-22)26(33)36-15-25(32)30-27-29-23(16-37-27)18-9-11-21(28)12-10-18/h2-12,14,16-17H,13,15H2,1H3,(H,29,30,32)/t17-/m1/s1. The first-order valence-electron chi connectivity index (χ1n) is 11.6. The number of thiazole rings is 1. The molecule has 1 N–H and O–H groups in total. The number of aromatic nitrogens is 1. The maximum atomic E-state index is 13.5. The Labute approximate surface area is 222 Å². The van der Waals surface area contributed by atoms with Gasteiger partial charge in [0.25, 0.3) is 15.9 Å². The number of benzene rings is 3. The summed E-state index contributed by atoms with van der Waals surface area (Å²) in [5.74, 6) is -1.80. The molecule has 0 bridgehead atoms. The van der Waals surface area contributed by atoms with Crippen molar-refractivity contribution in [2.75, 3.05) is 16.2 Å². The van der Waals surface area contributed by atoms with Crippen molar-refractivity contribution < 1.29 is 27.1 Å². The average molecular weight is 552 g/mol. The van der Waals surface area contributed by atoms with Crippen molar-refractivity contribution in [2.24, 2.45) is 0 Å². The minimum atomic E-state index is -3.93. The summed E-state index contributed by atoms with van der Waals surface area (Å²) in [5.41, 5.74) is 2.82. The number of esters is 1.